The molecule has 7 nitrogen and oxygen atoms in total. The van der Waals surface area contributed by atoms with Gasteiger partial charge in [0.25, 0.3) is 5.91 Å². The van der Waals surface area contributed by atoms with Gasteiger partial charge in [0.15, 0.2) is 5.82 Å². The van der Waals surface area contributed by atoms with Gasteiger partial charge in [-0.05, 0) is 52.9 Å². The summed E-state index contributed by atoms with van der Waals surface area (Å²) in [5.41, 5.74) is 3.55. The average molecular weight is 411 g/mol. The van der Waals surface area contributed by atoms with Crippen LogP contribution in [-0.2, 0) is 11.2 Å². The molecule has 31 heavy (non-hydrogen) atoms. The number of aromatic nitrogens is 4. The summed E-state index contributed by atoms with van der Waals surface area (Å²) in [4.78, 5) is 13.5. The lowest BCUT2D eigenvalue weighted by molar-refractivity contribution is -0.116. The van der Waals surface area contributed by atoms with Crippen molar-refractivity contribution in [2.45, 2.75) is 25.3 Å². The number of fused-ring (bicyclic) bond motifs is 1. The highest BCUT2D eigenvalue weighted by Gasteiger charge is 2.25. The molecule has 5 rings (SSSR count). The Bertz CT molecular complexity index is 1210. The van der Waals surface area contributed by atoms with Gasteiger partial charge in [0.05, 0.1) is 12.3 Å². The van der Waals surface area contributed by atoms with E-state index in [2.05, 4.69) is 33.0 Å². The molecular weight excluding hydrogens is 390 g/mol. The van der Waals surface area contributed by atoms with Crippen LogP contribution in [0.25, 0.3) is 23.2 Å². The van der Waals surface area contributed by atoms with Gasteiger partial charge in [-0.3, -0.25) is 4.79 Å². The SMILES string of the molecule is O=C(NC1CCCc2ccccc21)/C(=C/c1ccco1)n1nnnc1-c1ccccc1. The Morgan fingerprint density at radius 3 is 2.74 bits per heavy atom. The Morgan fingerprint density at radius 1 is 1.06 bits per heavy atom. The zero-order chi connectivity index (χ0) is 21.0. The number of furan rings is 1. The van der Waals surface area contributed by atoms with Gasteiger partial charge in [0.2, 0.25) is 0 Å². The predicted molar refractivity (Wildman–Crippen MR) is 116 cm³/mol. The first-order valence-corrected chi connectivity index (χ1v) is 10.3. The molecule has 1 atom stereocenters. The smallest absolute Gasteiger partial charge is 0.270 e. The van der Waals surface area contributed by atoms with Crippen LogP contribution in [0, 0.1) is 0 Å². The lowest BCUT2D eigenvalue weighted by Crippen LogP contribution is -2.33. The highest BCUT2D eigenvalue weighted by Crippen LogP contribution is 2.30. The summed E-state index contributed by atoms with van der Waals surface area (Å²) >= 11 is 0. The quantitative estimate of drug-likeness (QED) is 0.499. The molecule has 1 amide bonds. The summed E-state index contributed by atoms with van der Waals surface area (Å²) in [5, 5.41) is 15.3. The molecule has 0 saturated heterocycles. The fraction of sp³-hybridized carbons (Fsp3) is 0.167. The van der Waals surface area contributed by atoms with Crippen molar-refractivity contribution < 1.29 is 9.21 Å². The molecule has 0 spiro atoms. The van der Waals surface area contributed by atoms with Crippen molar-refractivity contribution in [1.29, 1.82) is 0 Å². The van der Waals surface area contributed by atoms with Gasteiger partial charge in [-0.2, -0.15) is 4.68 Å². The number of aryl methyl sites for hydroxylation is 1. The lowest BCUT2D eigenvalue weighted by atomic mass is 9.87. The Labute approximate surface area is 179 Å². The zero-order valence-corrected chi connectivity index (χ0v) is 16.8. The maximum atomic E-state index is 13.5. The summed E-state index contributed by atoms with van der Waals surface area (Å²) < 4.78 is 6.93. The van der Waals surface area contributed by atoms with E-state index in [0.717, 1.165) is 24.8 Å². The monoisotopic (exact) mass is 411 g/mol. The molecule has 2 heterocycles. The molecule has 0 aliphatic heterocycles. The van der Waals surface area contributed by atoms with Crippen LogP contribution in [0.3, 0.4) is 0 Å². The van der Waals surface area contributed by atoms with E-state index in [1.807, 2.05) is 42.5 Å². The molecule has 0 bridgehead atoms. The van der Waals surface area contributed by atoms with Gasteiger partial charge in [-0.15, -0.1) is 5.10 Å². The second-order valence-electron chi connectivity index (χ2n) is 7.44. The second-order valence-corrected chi connectivity index (χ2v) is 7.44. The zero-order valence-electron chi connectivity index (χ0n) is 16.8. The van der Waals surface area contributed by atoms with Gasteiger partial charge in [-0.1, -0.05) is 54.6 Å². The van der Waals surface area contributed by atoms with E-state index >= 15 is 0 Å². The predicted octanol–water partition coefficient (Wildman–Crippen LogP) is 4.13. The van der Waals surface area contributed by atoms with E-state index in [4.69, 9.17) is 4.42 Å². The first kappa shape index (κ1) is 19.0. The largest absolute Gasteiger partial charge is 0.465 e. The van der Waals surface area contributed by atoms with Crippen molar-refractivity contribution in [3.8, 4) is 11.4 Å². The number of nitrogens with zero attached hydrogens (tertiary/aromatic N) is 4. The van der Waals surface area contributed by atoms with Crippen LogP contribution in [0.15, 0.2) is 77.4 Å². The number of nitrogens with one attached hydrogen (secondary N) is 1. The number of benzene rings is 2. The van der Waals surface area contributed by atoms with Gasteiger partial charge in [-0.25, -0.2) is 0 Å². The fourth-order valence-corrected chi connectivity index (χ4v) is 3.98. The van der Waals surface area contributed by atoms with E-state index in [1.165, 1.54) is 15.8 Å². The summed E-state index contributed by atoms with van der Waals surface area (Å²) in [7, 11) is 0. The maximum absolute atomic E-state index is 13.5. The third-order valence-electron chi connectivity index (χ3n) is 5.46. The molecular formula is C24H21N5O2. The molecule has 0 saturated carbocycles. The number of rotatable bonds is 5. The molecule has 2 aromatic carbocycles. The molecule has 0 fully saturated rings. The number of tetrazole rings is 1. The van der Waals surface area contributed by atoms with Crippen LogP contribution in [0.1, 0.15) is 35.8 Å². The highest BCUT2D eigenvalue weighted by molar-refractivity contribution is 6.18. The molecule has 1 unspecified atom stereocenters. The summed E-state index contributed by atoms with van der Waals surface area (Å²) in [5.74, 6) is 0.767. The van der Waals surface area contributed by atoms with Crippen molar-refractivity contribution in [2.24, 2.45) is 0 Å². The first-order valence-electron chi connectivity index (χ1n) is 10.3. The topological polar surface area (TPSA) is 85.8 Å². The van der Waals surface area contributed by atoms with E-state index in [1.54, 1.807) is 24.5 Å². The van der Waals surface area contributed by atoms with Gasteiger partial charge >= 0.3 is 0 Å². The Balaban J connectivity index is 1.52. The number of hydrogen-bond acceptors (Lipinski definition) is 5. The molecule has 0 radical (unpaired) electrons. The Hall–Kier alpha value is -4.00. The number of hydrogen-bond donors (Lipinski definition) is 1. The molecule has 1 aliphatic carbocycles. The third-order valence-corrected chi connectivity index (χ3v) is 5.46. The van der Waals surface area contributed by atoms with Gasteiger partial charge in [0.1, 0.15) is 11.5 Å². The fourth-order valence-electron chi connectivity index (χ4n) is 3.98. The highest BCUT2D eigenvalue weighted by atomic mass is 16.3. The summed E-state index contributed by atoms with van der Waals surface area (Å²) in [6, 6.07) is 21.3. The standard InChI is InChI=1S/C24H21N5O2/c30-24(25-21-14-6-11-17-8-4-5-13-20(17)21)22(16-19-12-7-15-31-19)29-23(26-27-28-29)18-9-2-1-3-10-18/h1-5,7-10,12-13,15-16,21H,6,11,14H2,(H,25,30)/b22-16-. The first-order chi connectivity index (χ1) is 15.3. The van der Waals surface area contributed by atoms with E-state index in [0.29, 0.717) is 17.3 Å². The Kier molecular flexibility index (Phi) is 5.14. The Morgan fingerprint density at radius 2 is 1.90 bits per heavy atom. The van der Waals surface area contributed by atoms with Crippen molar-refractivity contribution >= 4 is 17.7 Å². The minimum absolute atomic E-state index is 0.0610. The van der Waals surface area contributed by atoms with Crippen LogP contribution in [0.4, 0.5) is 0 Å². The van der Waals surface area contributed by atoms with E-state index in [-0.39, 0.29) is 11.9 Å². The van der Waals surface area contributed by atoms with Crippen LogP contribution >= 0.6 is 0 Å². The van der Waals surface area contributed by atoms with Crippen LogP contribution in [-0.4, -0.2) is 26.1 Å². The minimum Gasteiger partial charge on any atom is -0.465 e. The van der Waals surface area contributed by atoms with Crippen LogP contribution in [0.5, 0.6) is 0 Å². The third kappa shape index (κ3) is 3.90. The number of carbonyl (C=O) groups excluding carboxylic acids is 1. The second kappa shape index (κ2) is 8.39. The van der Waals surface area contributed by atoms with Crippen molar-refractivity contribution in [2.75, 3.05) is 0 Å². The van der Waals surface area contributed by atoms with Crippen molar-refractivity contribution in [3.05, 3.63) is 89.9 Å². The number of amides is 1. The van der Waals surface area contributed by atoms with E-state index < -0.39 is 0 Å². The maximum Gasteiger partial charge on any atom is 0.270 e. The number of carbonyl (C=O) groups is 1. The molecule has 154 valence electrons. The van der Waals surface area contributed by atoms with Gasteiger partial charge in [0, 0.05) is 11.6 Å². The van der Waals surface area contributed by atoms with Crippen LogP contribution < -0.4 is 5.32 Å². The molecule has 7 heteroatoms. The molecule has 1 aliphatic rings. The summed E-state index contributed by atoms with van der Waals surface area (Å²) in [6.45, 7) is 0. The van der Waals surface area contributed by atoms with Crippen molar-refractivity contribution in [1.82, 2.24) is 25.5 Å². The molecule has 2 aromatic heterocycles. The molecule has 4 aromatic rings. The molecule has 1 N–H and O–H groups in total. The lowest BCUT2D eigenvalue weighted by Gasteiger charge is -2.26. The minimum atomic E-state index is -0.261. The van der Waals surface area contributed by atoms with Crippen molar-refractivity contribution in [3.63, 3.8) is 0 Å². The average Bonchev–Trinajstić information content (AvgIpc) is 3.50. The van der Waals surface area contributed by atoms with Gasteiger partial charge < -0.3 is 9.73 Å². The summed E-state index contributed by atoms with van der Waals surface area (Å²) in [6.07, 6.45) is 6.17. The van der Waals surface area contributed by atoms with Crippen LogP contribution in [0.2, 0.25) is 0 Å². The van der Waals surface area contributed by atoms with E-state index in [9.17, 15) is 4.79 Å². The normalized spacial score (nSPS) is 16.0.